The summed E-state index contributed by atoms with van der Waals surface area (Å²) in [5, 5.41) is 4.30. The zero-order valence-electron chi connectivity index (χ0n) is 9.47. The van der Waals surface area contributed by atoms with Crippen LogP contribution in [0.5, 0.6) is 0 Å². The normalized spacial score (nSPS) is 12.9. The minimum absolute atomic E-state index is 0.0233. The van der Waals surface area contributed by atoms with Crippen molar-refractivity contribution in [3.8, 4) is 0 Å². The minimum Gasteiger partial charge on any atom is -0.468 e. The quantitative estimate of drug-likeness (QED) is 0.597. The number of aryl methyl sites for hydroxylation is 2. The topological polar surface area (TPSA) is 69.0 Å². The van der Waals surface area contributed by atoms with E-state index in [1.807, 2.05) is 36.9 Å². The Hall–Kier alpha value is -1.59. The van der Waals surface area contributed by atoms with E-state index in [1.54, 1.807) is 6.26 Å². The lowest BCUT2D eigenvalue weighted by molar-refractivity contribution is 0.410. The Morgan fingerprint density at radius 1 is 1.62 bits per heavy atom. The molecule has 1 atom stereocenters. The Balaban J connectivity index is 2.16. The summed E-state index contributed by atoms with van der Waals surface area (Å²) in [5.41, 5.74) is 4.88. The van der Waals surface area contributed by atoms with Crippen LogP contribution in [0.25, 0.3) is 0 Å². The van der Waals surface area contributed by atoms with E-state index in [2.05, 4.69) is 10.5 Å². The summed E-state index contributed by atoms with van der Waals surface area (Å²) >= 11 is 0. The van der Waals surface area contributed by atoms with E-state index in [9.17, 15) is 0 Å². The lowest BCUT2D eigenvalue weighted by Crippen LogP contribution is -2.29. The monoisotopic (exact) mass is 220 g/mol. The molecule has 0 aliphatic rings. The van der Waals surface area contributed by atoms with Gasteiger partial charge in [-0.3, -0.25) is 10.5 Å². The van der Waals surface area contributed by atoms with Gasteiger partial charge in [0.15, 0.2) is 0 Å². The Morgan fingerprint density at radius 2 is 2.44 bits per heavy atom. The van der Waals surface area contributed by atoms with Crippen molar-refractivity contribution in [2.75, 3.05) is 0 Å². The molecule has 1 unspecified atom stereocenters. The standard InChI is InChI=1S/C11H16N4O/c1-8-6-9(15(2)14-8)7-10(13-12)11-4-3-5-16-11/h3-6,10,13H,7,12H2,1-2H3. The van der Waals surface area contributed by atoms with Crippen molar-refractivity contribution in [1.82, 2.24) is 15.2 Å². The number of nitrogens with two attached hydrogens (primary N) is 1. The SMILES string of the molecule is Cc1cc(CC(NN)c2ccco2)n(C)n1. The van der Waals surface area contributed by atoms with Crippen LogP contribution in [0.3, 0.4) is 0 Å². The van der Waals surface area contributed by atoms with Crippen LogP contribution in [0.15, 0.2) is 28.9 Å². The van der Waals surface area contributed by atoms with E-state index in [-0.39, 0.29) is 6.04 Å². The molecule has 2 rings (SSSR count). The molecule has 0 radical (unpaired) electrons. The van der Waals surface area contributed by atoms with Gasteiger partial charge in [0.1, 0.15) is 5.76 Å². The smallest absolute Gasteiger partial charge is 0.122 e. The van der Waals surface area contributed by atoms with Gasteiger partial charge >= 0.3 is 0 Å². The first kappa shape index (κ1) is 10.9. The van der Waals surface area contributed by atoms with Crippen LogP contribution in [0, 0.1) is 6.92 Å². The third kappa shape index (κ3) is 2.15. The van der Waals surface area contributed by atoms with Gasteiger partial charge in [-0.1, -0.05) is 0 Å². The van der Waals surface area contributed by atoms with Crippen molar-refractivity contribution in [3.63, 3.8) is 0 Å². The summed E-state index contributed by atoms with van der Waals surface area (Å²) in [6, 6.07) is 5.79. The van der Waals surface area contributed by atoms with Gasteiger partial charge in [0, 0.05) is 19.2 Å². The molecule has 0 aliphatic carbocycles. The van der Waals surface area contributed by atoms with Crippen LogP contribution in [0.4, 0.5) is 0 Å². The van der Waals surface area contributed by atoms with Gasteiger partial charge in [0.2, 0.25) is 0 Å². The third-order valence-corrected chi connectivity index (χ3v) is 2.60. The molecule has 16 heavy (non-hydrogen) atoms. The van der Waals surface area contributed by atoms with Gasteiger partial charge in [-0.2, -0.15) is 5.10 Å². The van der Waals surface area contributed by atoms with Crippen LogP contribution in [-0.4, -0.2) is 9.78 Å². The number of nitrogens with one attached hydrogen (secondary N) is 1. The molecule has 0 bridgehead atoms. The number of hydrogen-bond acceptors (Lipinski definition) is 4. The van der Waals surface area contributed by atoms with E-state index in [4.69, 9.17) is 10.3 Å². The van der Waals surface area contributed by atoms with Crippen molar-refractivity contribution in [2.24, 2.45) is 12.9 Å². The van der Waals surface area contributed by atoms with Gasteiger partial charge in [-0.15, -0.1) is 0 Å². The highest BCUT2D eigenvalue weighted by Gasteiger charge is 2.15. The van der Waals surface area contributed by atoms with Crippen LogP contribution >= 0.6 is 0 Å². The molecular formula is C11H16N4O. The average Bonchev–Trinajstić information content (AvgIpc) is 2.85. The molecule has 0 amide bonds. The van der Waals surface area contributed by atoms with Gasteiger partial charge in [-0.05, 0) is 25.1 Å². The molecule has 0 aromatic carbocycles. The van der Waals surface area contributed by atoms with E-state index < -0.39 is 0 Å². The Labute approximate surface area is 94.2 Å². The van der Waals surface area contributed by atoms with Crippen molar-refractivity contribution in [1.29, 1.82) is 0 Å². The largest absolute Gasteiger partial charge is 0.468 e. The molecule has 0 spiro atoms. The lowest BCUT2D eigenvalue weighted by atomic mass is 10.1. The maximum absolute atomic E-state index is 5.53. The summed E-state index contributed by atoms with van der Waals surface area (Å²) in [7, 11) is 1.93. The number of aromatic nitrogens is 2. The Morgan fingerprint density at radius 3 is 2.94 bits per heavy atom. The fourth-order valence-electron chi connectivity index (χ4n) is 1.80. The zero-order chi connectivity index (χ0) is 11.5. The molecule has 0 aliphatic heterocycles. The summed E-state index contributed by atoms with van der Waals surface area (Å²) < 4.78 is 7.20. The summed E-state index contributed by atoms with van der Waals surface area (Å²) in [6.07, 6.45) is 2.40. The molecule has 2 aromatic heterocycles. The number of hydrogen-bond donors (Lipinski definition) is 2. The second-order valence-corrected chi connectivity index (χ2v) is 3.84. The van der Waals surface area contributed by atoms with Gasteiger partial charge in [0.05, 0.1) is 18.0 Å². The molecule has 86 valence electrons. The summed E-state index contributed by atoms with van der Waals surface area (Å²) in [4.78, 5) is 0. The van der Waals surface area contributed by atoms with Crippen molar-refractivity contribution in [3.05, 3.63) is 41.6 Å². The molecule has 2 aromatic rings. The van der Waals surface area contributed by atoms with Crippen LogP contribution < -0.4 is 11.3 Å². The highest BCUT2D eigenvalue weighted by Crippen LogP contribution is 2.18. The molecule has 5 heteroatoms. The fraction of sp³-hybridized carbons (Fsp3) is 0.364. The highest BCUT2D eigenvalue weighted by atomic mass is 16.3. The molecule has 5 nitrogen and oxygen atoms in total. The first-order valence-corrected chi connectivity index (χ1v) is 5.19. The number of nitrogens with zero attached hydrogens (tertiary/aromatic N) is 2. The third-order valence-electron chi connectivity index (χ3n) is 2.60. The fourth-order valence-corrected chi connectivity index (χ4v) is 1.80. The molecule has 3 N–H and O–H groups in total. The van der Waals surface area contributed by atoms with E-state index in [0.717, 1.165) is 23.6 Å². The van der Waals surface area contributed by atoms with Gasteiger partial charge in [-0.25, -0.2) is 5.43 Å². The first-order valence-electron chi connectivity index (χ1n) is 5.19. The molecule has 0 saturated carbocycles. The molecule has 0 saturated heterocycles. The van der Waals surface area contributed by atoms with Gasteiger partial charge < -0.3 is 4.42 Å². The van der Waals surface area contributed by atoms with E-state index in [0.29, 0.717) is 0 Å². The highest BCUT2D eigenvalue weighted by molar-refractivity contribution is 5.14. The Kier molecular flexibility index (Phi) is 3.07. The van der Waals surface area contributed by atoms with Crippen LogP contribution in [0.2, 0.25) is 0 Å². The number of rotatable bonds is 4. The summed E-state index contributed by atoms with van der Waals surface area (Å²) in [5.74, 6) is 6.36. The predicted molar refractivity (Wildman–Crippen MR) is 60.4 cm³/mol. The van der Waals surface area contributed by atoms with Crippen molar-refractivity contribution in [2.45, 2.75) is 19.4 Å². The molecule has 2 heterocycles. The number of furan rings is 1. The maximum atomic E-state index is 5.53. The minimum atomic E-state index is -0.0233. The van der Waals surface area contributed by atoms with Crippen LogP contribution in [-0.2, 0) is 13.5 Å². The maximum Gasteiger partial charge on any atom is 0.122 e. The second kappa shape index (κ2) is 4.51. The predicted octanol–water partition coefficient (Wildman–Crippen LogP) is 1.07. The summed E-state index contributed by atoms with van der Waals surface area (Å²) in [6.45, 7) is 1.97. The van der Waals surface area contributed by atoms with Crippen molar-refractivity contribution < 1.29 is 4.42 Å². The van der Waals surface area contributed by atoms with E-state index in [1.165, 1.54) is 0 Å². The second-order valence-electron chi connectivity index (χ2n) is 3.84. The molecular weight excluding hydrogens is 204 g/mol. The number of hydrazine groups is 1. The van der Waals surface area contributed by atoms with Gasteiger partial charge in [0.25, 0.3) is 0 Å². The van der Waals surface area contributed by atoms with Crippen molar-refractivity contribution >= 4 is 0 Å². The molecule has 0 fully saturated rings. The van der Waals surface area contributed by atoms with Crippen LogP contribution in [0.1, 0.15) is 23.2 Å². The Bertz CT molecular complexity index is 447. The first-order chi connectivity index (χ1) is 7.70. The average molecular weight is 220 g/mol. The van der Waals surface area contributed by atoms with E-state index >= 15 is 0 Å². The zero-order valence-corrected chi connectivity index (χ0v) is 9.47. The lowest BCUT2D eigenvalue weighted by Gasteiger charge is -2.12.